The van der Waals surface area contributed by atoms with Gasteiger partial charge in [-0.25, -0.2) is 13.6 Å². The molecule has 2 aliphatic rings. The normalized spacial score (nSPS) is 21.4. The van der Waals surface area contributed by atoms with Crippen LogP contribution in [0, 0.1) is 17.6 Å². The zero-order valence-electron chi connectivity index (χ0n) is 19.2. The Morgan fingerprint density at radius 1 is 0.914 bits per heavy atom. The highest BCUT2D eigenvalue weighted by atomic mass is 19.1. The van der Waals surface area contributed by atoms with Crippen molar-refractivity contribution in [1.82, 2.24) is 20.1 Å². The lowest BCUT2D eigenvalue weighted by Gasteiger charge is -2.41. The summed E-state index contributed by atoms with van der Waals surface area (Å²) in [7, 11) is 0. The lowest BCUT2D eigenvalue weighted by Crippen LogP contribution is -2.53. The number of amides is 3. The summed E-state index contributed by atoms with van der Waals surface area (Å²) in [6, 6.07) is 15.5. The number of nitrogens with one attached hydrogen (secondary N) is 1. The number of piperidine rings is 1. The average molecular weight is 477 g/mol. The molecule has 35 heavy (non-hydrogen) atoms. The van der Waals surface area contributed by atoms with Crippen molar-refractivity contribution in [1.29, 1.82) is 0 Å². The molecule has 1 aromatic heterocycles. The molecule has 2 fully saturated rings. The van der Waals surface area contributed by atoms with Gasteiger partial charge in [-0.2, -0.15) is 0 Å². The smallest absolute Gasteiger partial charge is 0.319 e. The number of likely N-dealkylation sites (tertiary alicyclic amines) is 1. The van der Waals surface area contributed by atoms with Gasteiger partial charge in [0.25, 0.3) is 5.91 Å². The van der Waals surface area contributed by atoms with Crippen molar-refractivity contribution in [3.63, 3.8) is 0 Å². The second-order valence-electron chi connectivity index (χ2n) is 9.18. The summed E-state index contributed by atoms with van der Waals surface area (Å²) in [4.78, 5) is 34.6. The van der Waals surface area contributed by atoms with E-state index in [4.69, 9.17) is 0 Å². The number of imide groups is 1. The molecule has 1 N–H and O–H groups in total. The summed E-state index contributed by atoms with van der Waals surface area (Å²) in [5.74, 6) is -1.08. The molecule has 0 radical (unpaired) electrons. The molecule has 180 valence electrons. The zero-order valence-corrected chi connectivity index (χ0v) is 19.2. The van der Waals surface area contributed by atoms with Crippen LogP contribution >= 0.6 is 0 Å². The first-order chi connectivity index (χ1) is 17.0. The maximum atomic E-state index is 13.9. The van der Waals surface area contributed by atoms with E-state index in [-0.39, 0.29) is 30.0 Å². The Morgan fingerprint density at radius 3 is 2.37 bits per heavy atom. The van der Waals surface area contributed by atoms with Crippen molar-refractivity contribution in [3.05, 3.63) is 101 Å². The number of hydrogen-bond acceptors (Lipinski definition) is 4. The van der Waals surface area contributed by atoms with E-state index >= 15 is 0 Å². The molecule has 0 saturated carbocycles. The summed E-state index contributed by atoms with van der Waals surface area (Å²) < 4.78 is 26.9. The summed E-state index contributed by atoms with van der Waals surface area (Å²) in [5.41, 5.74) is 1.02. The van der Waals surface area contributed by atoms with Gasteiger partial charge in [-0.1, -0.05) is 30.3 Å². The molecule has 1 unspecified atom stereocenters. The van der Waals surface area contributed by atoms with Gasteiger partial charge in [0.15, 0.2) is 5.54 Å². The van der Waals surface area contributed by atoms with E-state index in [1.54, 1.807) is 36.7 Å². The minimum Gasteiger partial charge on any atom is -0.319 e. The molecular weight excluding hydrogens is 450 g/mol. The maximum absolute atomic E-state index is 13.9. The van der Waals surface area contributed by atoms with Crippen molar-refractivity contribution in [3.8, 4) is 0 Å². The first-order valence-corrected chi connectivity index (χ1v) is 11.7. The number of hydrogen-bond donors (Lipinski definition) is 1. The number of nitrogens with zero attached hydrogens (tertiary/aromatic N) is 3. The van der Waals surface area contributed by atoms with Gasteiger partial charge in [-0.05, 0) is 73.3 Å². The number of pyridine rings is 1. The van der Waals surface area contributed by atoms with Gasteiger partial charge < -0.3 is 5.32 Å². The van der Waals surface area contributed by atoms with Crippen LogP contribution in [0.3, 0.4) is 0 Å². The lowest BCUT2D eigenvalue weighted by molar-refractivity contribution is -0.135. The van der Waals surface area contributed by atoms with Crippen LogP contribution in [-0.2, 0) is 23.4 Å². The number of carbonyl (C=O) groups excluding carboxylic acids is 2. The van der Waals surface area contributed by atoms with Crippen LogP contribution in [0.1, 0.15) is 29.5 Å². The van der Waals surface area contributed by atoms with Crippen molar-refractivity contribution in [2.45, 2.75) is 31.5 Å². The third kappa shape index (κ3) is 4.53. The molecule has 3 aromatic rings. The van der Waals surface area contributed by atoms with Gasteiger partial charge in [-0.3, -0.25) is 19.6 Å². The van der Waals surface area contributed by atoms with Crippen molar-refractivity contribution >= 4 is 11.9 Å². The van der Waals surface area contributed by atoms with Crippen LogP contribution in [0.25, 0.3) is 0 Å². The number of benzene rings is 2. The third-order valence-electron chi connectivity index (χ3n) is 7.00. The minimum atomic E-state index is -1.21. The fourth-order valence-corrected chi connectivity index (χ4v) is 5.23. The molecule has 0 aliphatic carbocycles. The number of aromatic nitrogens is 1. The predicted octanol–water partition coefficient (Wildman–Crippen LogP) is 4.22. The molecule has 6 nitrogen and oxygen atoms in total. The largest absolute Gasteiger partial charge is 0.325 e. The first-order valence-electron chi connectivity index (χ1n) is 11.7. The van der Waals surface area contributed by atoms with Crippen LogP contribution in [0.2, 0.25) is 0 Å². The van der Waals surface area contributed by atoms with Gasteiger partial charge in [0, 0.05) is 24.5 Å². The Balaban J connectivity index is 1.38. The average Bonchev–Trinajstić information content (AvgIpc) is 3.12. The van der Waals surface area contributed by atoms with E-state index in [1.807, 2.05) is 12.1 Å². The molecule has 3 amide bonds. The second-order valence-corrected chi connectivity index (χ2v) is 9.18. The molecule has 8 heteroatoms. The van der Waals surface area contributed by atoms with E-state index in [0.29, 0.717) is 43.6 Å². The highest BCUT2D eigenvalue weighted by Crippen LogP contribution is 2.41. The minimum absolute atomic E-state index is 0.0609. The predicted molar refractivity (Wildman–Crippen MR) is 126 cm³/mol. The monoisotopic (exact) mass is 476 g/mol. The molecule has 2 aliphatic heterocycles. The summed E-state index contributed by atoms with van der Waals surface area (Å²) in [6.07, 6.45) is 4.64. The number of carbonyl (C=O) groups is 2. The van der Waals surface area contributed by atoms with Crippen molar-refractivity contribution < 1.29 is 18.4 Å². The summed E-state index contributed by atoms with van der Waals surface area (Å²) in [6.45, 7) is 2.11. The molecule has 3 heterocycles. The number of halogens is 2. The molecule has 2 aromatic carbocycles. The maximum Gasteiger partial charge on any atom is 0.325 e. The van der Waals surface area contributed by atoms with E-state index in [2.05, 4.69) is 15.2 Å². The molecular formula is C27H26F2N4O2. The van der Waals surface area contributed by atoms with Crippen LogP contribution in [0.5, 0.6) is 0 Å². The Hall–Kier alpha value is -3.65. The Morgan fingerprint density at radius 2 is 1.69 bits per heavy atom. The molecule has 0 spiro atoms. The SMILES string of the molecule is O=C1NC(c2cccnc2)(C2CCN(Cc3cccc(F)c3)CC2)C(=O)N1Cc1ccc(F)cc1. The van der Waals surface area contributed by atoms with Crippen molar-refractivity contribution in [2.75, 3.05) is 13.1 Å². The highest BCUT2D eigenvalue weighted by Gasteiger charge is 2.57. The van der Waals surface area contributed by atoms with Gasteiger partial charge >= 0.3 is 6.03 Å². The standard InChI is InChI=1S/C27H26F2N4O2/c28-23-8-6-19(7-9-23)18-33-25(34)27(31-26(33)35,22-4-2-12-30-16-22)21-10-13-32(14-11-21)17-20-3-1-5-24(29)15-20/h1-9,12,15-16,21H,10-11,13-14,17-18H2,(H,31,35). The fourth-order valence-electron chi connectivity index (χ4n) is 5.23. The quantitative estimate of drug-likeness (QED) is 0.541. The molecule has 1 atom stereocenters. The van der Waals surface area contributed by atoms with E-state index in [9.17, 15) is 18.4 Å². The third-order valence-corrected chi connectivity index (χ3v) is 7.00. The lowest BCUT2D eigenvalue weighted by atomic mass is 9.73. The van der Waals surface area contributed by atoms with Gasteiger partial charge in [0.2, 0.25) is 0 Å². The Kier molecular flexibility index (Phi) is 6.30. The van der Waals surface area contributed by atoms with Crippen LogP contribution in [0.4, 0.5) is 13.6 Å². The van der Waals surface area contributed by atoms with Crippen LogP contribution < -0.4 is 5.32 Å². The topological polar surface area (TPSA) is 65.5 Å². The molecule has 2 saturated heterocycles. The fraction of sp³-hybridized carbons (Fsp3) is 0.296. The van der Waals surface area contributed by atoms with Gasteiger partial charge in [-0.15, -0.1) is 0 Å². The van der Waals surface area contributed by atoms with E-state index in [1.165, 1.54) is 29.2 Å². The molecule has 5 rings (SSSR count). The number of rotatable bonds is 6. The highest BCUT2D eigenvalue weighted by molar-refractivity contribution is 6.07. The Labute approximate surface area is 202 Å². The van der Waals surface area contributed by atoms with Crippen molar-refractivity contribution in [2.24, 2.45) is 5.92 Å². The zero-order chi connectivity index (χ0) is 24.4. The second kappa shape index (κ2) is 9.54. The van der Waals surface area contributed by atoms with Gasteiger partial charge in [0.05, 0.1) is 6.54 Å². The summed E-state index contributed by atoms with van der Waals surface area (Å²) in [5, 5.41) is 3.01. The first kappa shape index (κ1) is 23.1. The van der Waals surface area contributed by atoms with E-state index in [0.717, 1.165) is 5.56 Å². The number of urea groups is 1. The summed E-state index contributed by atoms with van der Waals surface area (Å²) >= 11 is 0. The van der Waals surface area contributed by atoms with Gasteiger partial charge in [0.1, 0.15) is 11.6 Å². The van der Waals surface area contributed by atoms with E-state index < -0.39 is 11.6 Å². The van der Waals surface area contributed by atoms with Crippen LogP contribution in [0.15, 0.2) is 73.1 Å². The van der Waals surface area contributed by atoms with Crippen LogP contribution in [-0.4, -0.2) is 39.8 Å². The Bertz CT molecular complexity index is 1210. The molecule has 0 bridgehead atoms.